The van der Waals surface area contributed by atoms with Gasteiger partial charge in [-0.3, -0.25) is 14.9 Å². The Labute approximate surface area is 154 Å². The molecule has 1 amide bonds. The molecule has 0 aliphatic heterocycles. The molecule has 0 saturated carbocycles. The van der Waals surface area contributed by atoms with Crippen LogP contribution in [0, 0.1) is 10.1 Å². The number of nitrogens with one attached hydrogen (secondary N) is 1. The fourth-order valence-corrected chi connectivity index (χ4v) is 2.31. The molecule has 8 nitrogen and oxygen atoms in total. The summed E-state index contributed by atoms with van der Waals surface area (Å²) in [6, 6.07) is 9.65. The molecule has 0 heterocycles. The first-order valence-electron chi connectivity index (χ1n) is 7.41. The number of ether oxygens (including phenoxy) is 2. The maximum absolute atomic E-state index is 11.9. The van der Waals surface area contributed by atoms with Gasteiger partial charge in [0.1, 0.15) is 0 Å². The smallest absolute Gasteiger partial charge is 0.315 e. The van der Waals surface area contributed by atoms with Gasteiger partial charge in [0, 0.05) is 16.7 Å². The second kappa shape index (κ2) is 8.82. The average Bonchev–Trinajstić information content (AvgIpc) is 2.62. The highest BCUT2D eigenvalue weighted by Gasteiger charge is 2.21. The van der Waals surface area contributed by atoms with Crippen molar-refractivity contribution < 1.29 is 19.2 Å². The van der Waals surface area contributed by atoms with E-state index < -0.39 is 4.92 Å². The van der Waals surface area contributed by atoms with E-state index in [0.29, 0.717) is 10.6 Å². The molecule has 0 fully saturated rings. The maximum atomic E-state index is 11.9. The Kier molecular flexibility index (Phi) is 6.51. The van der Waals surface area contributed by atoms with Crippen LogP contribution in [-0.2, 0) is 11.2 Å². The van der Waals surface area contributed by atoms with Crippen LogP contribution in [0.3, 0.4) is 0 Å². The van der Waals surface area contributed by atoms with Gasteiger partial charge in [-0.15, -0.1) is 0 Å². The maximum Gasteiger partial charge on any atom is 0.315 e. The van der Waals surface area contributed by atoms with E-state index in [9.17, 15) is 14.9 Å². The van der Waals surface area contributed by atoms with E-state index in [-0.39, 0.29) is 29.5 Å². The molecule has 0 aromatic heterocycles. The van der Waals surface area contributed by atoms with Crippen LogP contribution in [0.15, 0.2) is 41.5 Å². The number of hydrazone groups is 1. The summed E-state index contributed by atoms with van der Waals surface area (Å²) in [5.74, 6) is -0.129. The normalized spacial score (nSPS) is 10.6. The van der Waals surface area contributed by atoms with E-state index >= 15 is 0 Å². The third kappa shape index (κ3) is 4.93. The van der Waals surface area contributed by atoms with E-state index in [1.807, 2.05) is 0 Å². The van der Waals surface area contributed by atoms with Gasteiger partial charge in [0.05, 0.1) is 31.8 Å². The minimum atomic E-state index is -0.586. The van der Waals surface area contributed by atoms with Crippen molar-refractivity contribution in [1.82, 2.24) is 5.43 Å². The highest BCUT2D eigenvalue weighted by molar-refractivity contribution is 6.30. The zero-order valence-electron chi connectivity index (χ0n) is 14.1. The Bertz CT molecular complexity index is 837. The van der Waals surface area contributed by atoms with Crippen LogP contribution >= 0.6 is 11.6 Å². The van der Waals surface area contributed by atoms with Crippen molar-refractivity contribution in [2.24, 2.45) is 5.10 Å². The SMILES string of the molecule is COc1cc(/C=N\NC(=O)Cc2ccc(Cl)cc2)cc([N+](=O)[O-])c1OC. The number of hydrogen-bond acceptors (Lipinski definition) is 6. The van der Waals surface area contributed by atoms with Crippen LogP contribution in [0.2, 0.25) is 5.02 Å². The number of methoxy groups -OCH3 is 2. The molecule has 2 rings (SSSR count). The summed E-state index contributed by atoms with van der Waals surface area (Å²) >= 11 is 5.79. The Balaban J connectivity index is 2.09. The summed E-state index contributed by atoms with van der Waals surface area (Å²) in [6.45, 7) is 0. The molecular weight excluding hydrogens is 362 g/mol. The number of nitro benzene ring substituents is 1. The number of nitrogens with zero attached hydrogens (tertiary/aromatic N) is 2. The summed E-state index contributed by atoms with van der Waals surface area (Å²) in [5, 5.41) is 15.6. The number of benzene rings is 2. The van der Waals surface area contributed by atoms with Crippen LogP contribution in [0.4, 0.5) is 5.69 Å². The van der Waals surface area contributed by atoms with Gasteiger partial charge in [0.25, 0.3) is 0 Å². The predicted octanol–water partition coefficient (Wildman–Crippen LogP) is 2.96. The van der Waals surface area contributed by atoms with Crippen molar-refractivity contribution in [3.63, 3.8) is 0 Å². The Morgan fingerprint density at radius 1 is 1.27 bits per heavy atom. The zero-order chi connectivity index (χ0) is 19.1. The minimum absolute atomic E-state index is 0.0152. The lowest BCUT2D eigenvalue weighted by Gasteiger charge is -2.08. The molecule has 1 N–H and O–H groups in total. The molecule has 0 atom stereocenters. The van der Waals surface area contributed by atoms with Crippen LogP contribution in [0.1, 0.15) is 11.1 Å². The van der Waals surface area contributed by atoms with E-state index in [0.717, 1.165) is 5.56 Å². The Hall–Kier alpha value is -3.13. The highest BCUT2D eigenvalue weighted by atomic mass is 35.5. The molecule has 0 aliphatic rings. The summed E-state index contributed by atoms with van der Waals surface area (Å²) in [7, 11) is 2.69. The van der Waals surface area contributed by atoms with Gasteiger partial charge < -0.3 is 9.47 Å². The van der Waals surface area contributed by atoms with E-state index in [4.69, 9.17) is 21.1 Å². The zero-order valence-corrected chi connectivity index (χ0v) is 14.8. The Morgan fingerprint density at radius 3 is 2.54 bits per heavy atom. The van der Waals surface area contributed by atoms with Crippen molar-refractivity contribution >= 4 is 29.4 Å². The van der Waals surface area contributed by atoms with Crippen LogP contribution in [0.5, 0.6) is 11.5 Å². The standard InChI is InChI=1S/C17H16ClN3O5/c1-25-15-8-12(7-14(21(23)24)17(15)26-2)10-19-20-16(22)9-11-3-5-13(18)6-4-11/h3-8,10H,9H2,1-2H3,(H,20,22)/b19-10-. The van der Waals surface area contributed by atoms with Crippen LogP contribution in [-0.4, -0.2) is 31.3 Å². The van der Waals surface area contributed by atoms with Crippen LogP contribution < -0.4 is 14.9 Å². The molecule has 0 unspecified atom stereocenters. The first-order chi connectivity index (χ1) is 12.4. The van der Waals surface area contributed by atoms with Gasteiger partial charge in [-0.25, -0.2) is 5.43 Å². The second-order valence-corrected chi connectivity index (χ2v) is 5.57. The monoisotopic (exact) mass is 377 g/mol. The van der Waals surface area contributed by atoms with Gasteiger partial charge in [-0.1, -0.05) is 23.7 Å². The molecule has 2 aromatic carbocycles. The molecule has 0 bridgehead atoms. The fraction of sp³-hybridized carbons (Fsp3) is 0.176. The topological polar surface area (TPSA) is 103 Å². The van der Waals surface area contributed by atoms with Gasteiger partial charge >= 0.3 is 5.69 Å². The predicted molar refractivity (Wildman–Crippen MR) is 97.1 cm³/mol. The van der Waals surface area contributed by atoms with Gasteiger partial charge in [-0.2, -0.15) is 5.10 Å². The second-order valence-electron chi connectivity index (χ2n) is 5.13. The van der Waals surface area contributed by atoms with Crippen molar-refractivity contribution in [3.8, 4) is 11.5 Å². The average molecular weight is 378 g/mol. The third-order valence-electron chi connectivity index (χ3n) is 3.36. The lowest BCUT2D eigenvalue weighted by Crippen LogP contribution is -2.19. The summed E-state index contributed by atoms with van der Waals surface area (Å²) in [4.78, 5) is 22.4. The number of carbonyl (C=O) groups is 1. The van der Waals surface area contributed by atoms with Crippen molar-refractivity contribution in [2.45, 2.75) is 6.42 Å². The van der Waals surface area contributed by atoms with E-state index in [2.05, 4.69) is 10.5 Å². The van der Waals surface area contributed by atoms with E-state index in [1.165, 1.54) is 32.6 Å². The molecule has 0 radical (unpaired) electrons. The first kappa shape index (κ1) is 19.2. The largest absolute Gasteiger partial charge is 0.493 e. The highest BCUT2D eigenvalue weighted by Crippen LogP contribution is 2.37. The molecule has 26 heavy (non-hydrogen) atoms. The quantitative estimate of drug-likeness (QED) is 0.454. The number of nitro groups is 1. The Morgan fingerprint density at radius 2 is 1.96 bits per heavy atom. The molecule has 2 aromatic rings. The summed E-state index contributed by atoms with van der Waals surface area (Å²) < 4.78 is 10.1. The fourth-order valence-electron chi connectivity index (χ4n) is 2.18. The summed E-state index contributed by atoms with van der Waals surface area (Å²) in [6.07, 6.45) is 1.41. The number of rotatable bonds is 7. The third-order valence-corrected chi connectivity index (χ3v) is 3.61. The van der Waals surface area contributed by atoms with Gasteiger partial charge in [-0.05, 0) is 23.8 Å². The lowest BCUT2D eigenvalue weighted by atomic mass is 10.1. The number of amides is 1. The van der Waals surface area contributed by atoms with Crippen molar-refractivity contribution in [1.29, 1.82) is 0 Å². The number of carbonyl (C=O) groups excluding carboxylic acids is 1. The molecule has 0 saturated heterocycles. The van der Waals surface area contributed by atoms with Gasteiger partial charge in [0.15, 0.2) is 5.75 Å². The molecule has 0 spiro atoms. The molecular formula is C17H16ClN3O5. The molecule has 0 aliphatic carbocycles. The van der Waals surface area contributed by atoms with Gasteiger partial charge in [0.2, 0.25) is 11.7 Å². The van der Waals surface area contributed by atoms with Crippen molar-refractivity contribution in [3.05, 3.63) is 62.7 Å². The van der Waals surface area contributed by atoms with E-state index in [1.54, 1.807) is 24.3 Å². The number of halogens is 1. The first-order valence-corrected chi connectivity index (χ1v) is 7.79. The lowest BCUT2D eigenvalue weighted by molar-refractivity contribution is -0.385. The molecule has 9 heteroatoms. The van der Waals surface area contributed by atoms with Crippen molar-refractivity contribution in [2.75, 3.05) is 14.2 Å². The minimum Gasteiger partial charge on any atom is -0.493 e. The molecule has 136 valence electrons. The summed E-state index contributed by atoms with van der Waals surface area (Å²) in [5.41, 5.74) is 3.26. The number of hydrogen-bond donors (Lipinski definition) is 1. The van der Waals surface area contributed by atoms with Crippen LogP contribution in [0.25, 0.3) is 0 Å².